The molecule has 0 aromatic carbocycles. The van der Waals surface area contributed by atoms with Crippen LogP contribution < -0.4 is 0 Å². The minimum absolute atomic E-state index is 0.201. The predicted molar refractivity (Wildman–Crippen MR) is 48.9 cm³/mol. The topological polar surface area (TPSA) is 66.8 Å². The molecule has 0 saturated carbocycles. The van der Waals surface area contributed by atoms with Crippen molar-refractivity contribution in [2.24, 2.45) is 0 Å². The summed E-state index contributed by atoms with van der Waals surface area (Å²) in [7, 11) is 1.48. The van der Waals surface area contributed by atoms with E-state index in [1.54, 1.807) is 0 Å². The van der Waals surface area contributed by atoms with Crippen LogP contribution in [0.3, 0.4) is 0 Å². The van der Waals surface area contributed by atoms with E-state index in [1.807, 2.05) is 0 Å². The second kappa shape index (κ2) is 4.95. The molecule has 1 rings (SSSR count). The monoisotopic (exact) mass is 201 g/mol. The Balaban J connectivity index is 2.63. The quantitative estimate of drug-likeness (QED) is 0.703. The largest absolute Gasteiger partial charge is 0.480 e. The Morgan fingerprint density at radius 1 is 1.64 bits per heavy atom. The molecule has 5 heteroatoms. The summed E-state index contributed by atoms with van der Waals surface area (Å²) in [6.45, 7) is 0.295. The third-order valence-electron chi connectivity index (χ3n) is 2.34. The van der Waals surface area contributed by atoms with Gasteiger partial charge in [-0.1, -0.05) is 0 Å². The maximum Gasteiger partial charge on any atom is 0.323 e. The normalized spacial score (nSPS) is 23.4. The SMILES string of the molecule is CO[C@H]1CCCCN(CC(=O)O)C1=O. The molecular formula is C9H15NO4. The van der Waals surface area contributed by atoms with E-state index in [1.165, 1.54) is 12.0 Å². The minimum Gasteiger partial charge on any atom is -0.480 e. The average molecular weight is 201 g/mol. The van der Waals surface area contributed by atoms with Crippen LogP contribution in [0.25, 0.3) is 0 Å². The highest BCUT2D eigenvalue weighted by atomic mass is 16.5. The molecule has 1 aliphatic heterocycles. The van der Waals surface area contributed by atoms with Gasteiger partial charge in [-0.25, -0.2) is 0 Å². The molecule has 0 unspecified atom stereocenters. The molecular weight excluding hydrogens is 186 g/mol. The van der Waals surface area contributed by atoms with E-state index in [0.29, 0.717) is 13.0 Å². The Labute approximate surface area is 82.6 Å². The van der Waals surface area contributed by atoms with E-state index in [2.05, 4.69) is 0 Å². The van der Waals surface area contributed by atoms with Gasteiger partial charge in [0.1, 0.15) is 12.6 Å². The third-order valence-corrected chi connectivity index (χ3v) is 2.34. The summed E-state index contributed by atoms with van der Waals surface area (Å²) in [5.74, 6) is -1.18. The second-order valence-electron chi connectivity index (χ2n) is 3.37. The molecule has 0 bridgehead atoms. The standard InChI is InChI=1S/C9H15NO4/c1-14-7-4-2-3-5-10(9(7)13)6-8(11)12/h7H,2-6H2,1H3,(H,11,12)/t7-/m0/s1. The van der Waals surface area contributed by atoms with Crippen molar-refractivity contribution in [3.8, 4) is 0 Å². The lowest BCUT2D eigenvalue weighted by molar-refractivity contribution is -0.149. The highest BCUT2D eigenvalue weighted by Crippen LogP contribution is 2.13. The molecule has 80 valence electrons. The Hall–Kier alpha value is -1.10. The average Bonchev–Trinajstić information content (AvgIpc) is 2.29. The number of likely N-dealkylation sites (tertiary alicyclic amines) is 1. The van der Waals surface area contributed by atoms with E-state index < -0.39 is 12.1 Å². The fourth-order valence-corrected chi connectivity index (χ4v) is 1.61. The zero-order chi connectivity index (χ0) is 10.6. The number of hydrogen-bond acceptors (Lipinski definition) is 3. The number of carboxylic acid groups (broad SMARTS) is 1. The first-order valence-corrected chi connectivity index (χ1v) is 4.68. The zero-order valence-electron chi connectivity index (χ0n) is 8.23. The molecule has 1 fully saturated rings. The van der Waals surface area contributed by atoms with Crippen molar-refractivity contribution >= 4 is 11.9 Å². The van der Waals surface area contributed by atoms with Crippen LogP contribution in [-0.4, -0.2) is 48.2 Å². The summed E-state index contributed by atoms with van der Waals surface area (Å²) in [4.78, 5) is 23.5. The summed E-state index contributed by atoms with van der Waals surface area (Å²) in [5, 5.41) is 8.60. The Morgan fingerprint density at radius 2 is 2.36 bits per heavy atom. The van der Waals surface area contributed by atoms with Crippen molar-refractivity contribution in [2.75, 3.05) is 20.2 Å². The lowest BCUT2D eigenvalue weighted by Crippen LogP contribution is -2.41. The van der Waals surface area contributed by atoms with Crippen LogP contribution in [0.15, 0.2) is 0 Å². The van der Waals surface area contributed by atoms with E-state index in [0.717, 1.165) is 12.8 Å². The van der Waals surface area contributed by atoms with Crippen LogP contribution in [0, 0.1) is 0 Å². The summed E-state index contributed by atoms with van der Waals surface area (Å²) in [6, 6.07) is 0. The van der Waals surface area contributed by atoms with Gasteiger partial charge in [0.25, 0.3) is 5.91 Å². The van der Waals surface area contributed by atoms with E-state index >= 15 is 0 Å². The first-order valence-electron chi connectivity index (χ1n) is 4.68. The number of amides is 1. The minimum atomic E-state index is -0.977. The molecule has 1 N–H and O–H groups in total. The number of nitrogens with zero attached hydrogens (tertiary/aromatic N) is 1. The molecule has 1 heterocycles. The van der Waals surface area contributed by atoms with Crippen molar-refractivity contribution in [3.63, 3.8) is 0 Å². The zero-order valence-corrected chi connectivity index (χ0v) is 8.23. The van der Waals surface area contributed by atoms with Crippen molar-refractivity contribution in [3.05, 3.63) is 0 Å². The van der Waals surface area contributed by atoms with Gasteiger partial charge in [-0.2, -0.15) is 0 Å². The number of carbonyl (C=O) groups is 2. The molecule has 0 aromatic heterocycles. The molecule has 1 saturated heterocycles. The second-order valence-corrected chi connectivity index (χ2v) is 3.37. The van der Waals surface area contributed by atoms with E-state index in [-0.39, 0.29) is 12.5 Å². The molecule has 1 amide bonds. The number of hydrogen-bond donors (Lipinski definition) is 1. The Bertz CT molecular complexity index is 229. The summed E-state index contributed by atoms with van der Waals surface area (Å²) in [5.41, 5.74) is 0. The van der Waals surface area contributed by atoms with Gasteiger partial charge in [0.2, 0.25) is 0 Å². The van der Waals surface area contributed by atoms with E-state index in [4.69, 9.17) is 9.84 Å². The van der Waals surface area contributed by atoms with Crippen molar-refractivity contribution in [1.82, 2.24) is 4.90 Å². The Morgan fingerprint density at radius 3 is 2.93 bits per heavy atom. The van der Waals surface area contributed by atoms with Gasteiger partial charge in [-0.05, 0) is 19.3 Å². The first kappa shape index (κ1) is 11.0. The van der Waals surface area contributed by atoms with Gasteiger partial charge in [-0.15, -0.1) is 0 Å². The van der Waals surface area contributed by atoms with Crippen LogP contribution in [-0.2, 0) is 14.3 Å². The lowest BCUT2D eigenvalue weighted by Gasteiger charge is -2.21. The van der Waals surface area contributed by atoms with Crippen LogP contribution in [0.1, 0.15) is 19.3 Å². The highest BCUT2D eigenvalue weighted by molar-refractivity contribution is 5.84. The van der Waals surface area contributed by atoms with Gasteiger partial charge in [0, 0.05) is 13.7 Å². The molecule has 1 atom stereocenters. The molecule has 0 aliphatic carbocycles. The van der Waals surface area contributed by atoms with Gasteiger partial charge in [-0.3, -0.25) is 9.59 Å². The number of carbonyl (C=O) groups excluding carboxylic acids is 1. The molecule has 1 aliphatic rings. The van der Waals surface area contributed by atoms with Crippen molar-refractivity contribution in [1.29, 1.82) is 0 Å². The van der Waals surface area contributed by atoms with Gasteiger partial charge in [0.05, 0.1) is 0 Å². The third kappa shape index (κ3) is 2.70. The van der Waals surface area contributed by atoms with Gasteiger partial charge >= 0.3 is 5.97 Å². The number of ether oxygens (including phenoxy) is 1. The van der Waals surface area contributed by atoms with Crippen LogP contribution in [0.4, 0.5) is 0 Å². The molecule has 0 aromatic rings. The number of rotatable bonds is 3. The maximum atomic E-state index is 11.6. The molecule has 0 radical (unpaired) electrons. The first-order chi connectivity index (χ1) is 6.65. The molecule has 0 spiro atoms. The molecule has 5 nitrogen and oxygen atoms in total. The highest BCUT2D eigenvalue weighted by Gasteiger charge is 2.27. The summed E-state index contributed by atoms with van der Waals surface area (Å²) < 4.78 is 5.01. The van der Waals surface area contributed by atoms with Crippen molar-refractivity contribution in [2.45, 2.75) is 25.4 Å². The fraction of sp³-hybridized carbons (Fsp3) is 0.778. The number of carboxylic acids is 1. The summed E-state index contributed by atoms with van der Waals surface area (Å²) in [6.07, 6.45) is 1.97. The van der Waals surface area contributed by atoms with Gasteiger partial charge in [0.15, 0.2) is 0 Å². The van der Waals surface area contributed by atoms with Crippen LogP contribution in [0.2, 0.25) is 0 Å². The van der Waals surface area contributed by atoms with Crippen molar-refractivity contribution < 1.29 is 19.4 Å². The maximum absolute atomic E-state index is 11.6. The summed E-state index contributed by atoms with van der Waals surface area (Å²) >= 11 is 0. The lowest BCUT2D eigenvalue weighted by atomic mass is 10.2. The fourth-order valence-electron chi connectivity index (χ4n) is 1.61. The van der Waals surface area contributed by atoms with Crippen LogP contribution >= 0.6 is 0 Å². The molecule has 14 heavy (non-hydrogen) atoms. The number of aliphatic carboxylic acids is 1. The van der Waals surface area contributed by atoms with Gasteiger partial charge < -0.3 is 14.7 Å². The van der Waals surface area contributed by atoms with Crippen LogP contribution in [0.5, 0.6) is 0 Å². The smallest absolute Gasteiger partial charge is 0.323 e. The number of methoxy groups -OCH3 is 1. The Kier molecular flexibility index (Phi) is 3.88. The van der Waals surface area contributed by atoms with E-state index in [9.17, 15) is 9.59 Å². The predicted octanol–water partition coefficient (Wildman–Crippen LogP) is 0.0985.